The second kappa shape index (κ2) is 5.92. The molecule has 0 aliphatic heterocycles. The van der Waals surface area contributed by atoms with Gasteiger partial charge in [0.15, 0.2) is 0 Å². The molecule has 1 aromatic rings. The Kier molecular flexibility index (Phi) is 5.03. The van der Waals surface area contributed by atoms with Gasteiger partial charge in [0.1, 0.15) is 10.7 Å². The van der Waals surface area contributed by atoms with Crippen molar-refractivity contribution >= 4 is 38.8 Å². The number of sulfonamides is 1. The third-order valence-corrected chi connectivity index (χ3v) is 4.56. The number of hydrogen-bond acceptors (Lipinski definition) is 3. The first-order valence-electron chi connectivity index (χ1n) is 4.98. The van der Waals surface area contributed by atoms with Gasteiger partial charge < -0.3 is 5.73 Å². The standard InChI is InChI=1S/C10H12ClFN2O2S2/c1-6(10(13)17)5-14-18(15,16)9-4-7(12)2-3-8(9)11/h2-4,6,14H,5H2,1H3,(H2,13,17). The Balaban J connectivity index is 2.93. The van der Waals surface area contributed by atoms with Gasteiger partial charge >= 0.3 is 0 Å². The fourth-order valence-electron chi connectivity index (χ4n) is 1.10. The van der Waals surface area contributed by atoms with Crippen LogP contribution >= 0.6 is 23.8 Å². The summed E-state index contributed by atoms with van der Waals surface area (Å²) in [5, 5.41) is -0.0492. The zero-order valence-corrected chi connectivity index (χ0v) is 11.9. The molecule has 8 heteroatoms. The zero-order chi connectivity index (χ0) is 13.9. The normalized spacial score (nSPS) is 13.3. The van der Waals surface area contributed by atoms with Gasteiger partial charge in [-0.15, -0.1) is 0 Å². The van der Waals surface area contributed by atoms with Crippen LogP contribution < -0.4 is 10.5 Å². The quantitative estimate of drug-likeness (QED) is 0.812. The summed E-state index contributed by atoms with van der Waals surface area (Å²) in [4.78, 5) is -0.109. The Bertz CT molecular complexity index is 563. The molecule has 0 aliphatic carbocycles. The fourth-order valence-corrected chi connectivity index (χ4v) is 2.82. The fraction of sp³-hybridized carbons (Fsp3) is 0.300. The highest BCUT2D eigenvalue weighted by molar-refractivity contribution is 7.89. The number of hydrogen-bond donors (Lipinski definition) is 2. The molecule has 1 unspecified atom stereocenters. The Labute approximate surface area is 115 Å². The van der Waals surface area contributed by atoms with Crippen LogP contribution in [0.5, 0.6) is 0 Å². The number of nitrogens with two attached hydrogens (primary N) is 1. The monoisotopic (exact) mass is 310 g/mol. The SMILES string of the molecule is CC(CNS(=O)(=O)c1cc(F)ccc1Cl)C(N)=S. The second-order valence-electron chi connectivity index (χ2n) is 3.73. The lowest BCUT2D eigenvalue weighted by Gasteiger charge is -2.12. The minimum atomic E-state index is -3.88. The van der Waals surface area contributed by atoms with Crippen molar-refractivity contribution in [1.29, 1.82) is 0 Å². The molecule has 3 N–H and O–H groups in total. The van der Waals surface area contributed by atoms with Crippen LogP contribution in [0.25, 0.3) is 0 Å². The van der Waals surface area contributed by atoms with Crippen LogP contribution in [-0.4, -0.2) is 20.0 Å². The molecule has 1 aromatic carbocycles. The number of thiocarbonyl (C=S) groups is 1. The van der Waals surface area contributed by atoms with E-state index in [2.05, 4.69) is 4.72 Å². The Morgan fingerprint density at radius 2 is 2.22 bits per heavy atom. The van der Waals surface area contributed by atoms with Crippen LogP contribution in [0.1, 0.15) is 6.92 Å². The first kappa shape index (κ1) is 15.3. The zero-order valence-electron chi connectivity index (χ0n) is 9.48. The number of rotatable bonds is 5. The molecule has 0 amide bonds. The van der Waals surface area contributed by atoms with E-state index in [9.17, 15) is 12.8 Å². The van der Waals surface area contributed by atoms with E-state index in [0.29, 0.717) is 0 Å². The van der Waals surface area contributed by atoms with E-state index in [1.807, 2.05) is 0 Å². The van der Waals surface area contributed by atoms with Crippen LogP contribution in [0, 0.1) is 11.7 Å². The molecule has 0 fully saturated rings. The van der Waals surface area contributed by atoms with Crippen molar-refractivity contribution in [2.45, 2.75) is 11.8 Å². The van der Waals surface area contributed by atoms with Crippen molar-refractivity contribution in [2.75, 3.05) is 6.54 Å². The molecular weight excluding hydrogens is 299 g/mol. The molecule has 0 heterocycles. The summed E-state index contributed by atoms with van der Waals surface area (Å²) >= 11 is 10.4. The lowest BCUT2D eigenvalue weighted by Crippen LogP contribution is -2.33. The molecule has 4 nitrogen and oxygen atoms in total. The second-order valence-corrected chi connectivity index (χ2v) is 6.34. The van der Waals surface area contributed by atoms with E-state index >= 15 is 0 Å². The van der Waals surface area contributed by atoms with Crippen LogP contribution in [0.15, 0.2) is 23.1 Å². The Morgan fingerprint density at radius 1 is 1.61 bits per heavy atom. The van der Waals surface area contributed by atoms with Gasteiger partial charge in [0.05, 0.1) is 10.0 Å². The van der Waals surface area contributed by atoms with E-state index in [1.54, 1.807) is 6.92 Å². The highest BCUT2D eigenvalue weighted by Crippen LogP contribution is 2.21. The van der Waals surface area contributed by atoms with Crippen molar-refractivity contribution in [3.8, 4) is 0 Å². The predicted molar refractivity (Wildman–Crippen MR) is 72.5 cm³/mol. The first-order chi connectivity index (χ1) is 8.24. The van der Waals surface area contributed by atoms with Crippen molar-refractivity contribution in [3.05, 3.63) is 29.0 Å². The van der Waals surface area contributed by atoms with E-state index in [4.69, 9.17) is 29.6 Å². The summed E-state index contributed by atoms with van der Waals surface area (Å²) in [6.45, 7) is 1.71. The third-order valence-electron chi connectivity index (χ3n) is 2.25. The van der Waals surface area contributed by atoms with Gasteiger partial charge in [-0.25, -0.2) is 17.5 Å². The largest absolute Gasteiger partial charge is 0.393 e. The molecule has 0 spiro atoms. The highest BCUT2D eigenvalue weighted by atomic mass is 35.5. The lowest BCUT2D eigenvalue weighted by molar-refractivity contribution is 0.571. The minimum Gasteiger partial charge on any atom is -0.393 e. The number of benzene rings is 1. The molecule has 0 aromatic heterocycles. The van der Waals surface area contributed by atoms with Crippen molar-refractivity contribution in [1.82, 2.24) is 4.72 Å². The van der Waals surface area contributed by atoms with Gasteiger partial charge in [-0.3, -0.25) is 0 Å². The van der Waals surface area contributed by atoms with Gasteiger partial charge in [0.25, 0.3) is 0 Å². The maximum atomic E-state index is 13.0. The summed E-state index contributed by atoms with van der Waals surface area (Å²) in [7, 11) is -3.88. The summed E-state index contributed by atoms with van der Waals surface area (Å²) in [5.74, 6) is -0.982. The number of nitrogens with one attached hydrogen (secondary N) is 1. The van der Waals surface area contributed by atoms with E-state index in [-0.39, 0.29) is 27.4 Å². The summed E-state index contributed by atoms with van der Waals surface area (Å²) in [6, 6.07) is 3.12. The average Bonchev–Trinajstić information content (AvgIpc) is 2.29. The van der Waals surface area contributed by atoms with E-state index < -0.39 is 15.8 Å². The Morgan fingerprint density at radius 3 is 2.78 bits per heavy atom. The molecule has 1 atom stereocenters. The average molecular weight is 311 g/mol. The Hall–Kier alpha value is -0.760. The molecule has 0 saturated heterocycles. The lowest BCUT2D eigenvalue weighted by atomic mass is 10.2. The summed E-state index contributed by atoms with van der Waals surface area (Å²) < 4.78 is 39.1. The summed E-state index contributed by atoms with van der Waals surface area (Å²) in [6.07, 6.45) is 0. The highest BCUT2D eigenvalue weighted by Gasteiger charge is 2.19. The smallest absolute Gasteiger partial charge is 0.242 e. The van der Waals surface area contributed by atoms with Crippen molar-refractivity contribution < 1.29 is 12.8 Å². The third kappa shape index (κ3) is 3.88. The molecule has 0 radical (unpaired) electrons. The van der Waals surface area contributed by atoms with Gasteiger partial charge in [0, 0.05) is 12.5 Å². The van der Waals surface area contributed by atoms with Gasteiger partial charge in [-0.1, -0.05) is 30.7 Å². The van der Waals surface area contributed by atoms with Crippen LogP contribution in [0.2, 0.25) is 5.02 Å². The molecule has 0 saturated carbocycles. The molecule has 0 bridgehead atoms. The maximum absolute atomic E-state index is 13.0. The topological polar surface area (TPSA) is 72.2 Å². The van der Waals surface area contributed by atoms with Gasteiger partial charge in [-0.2, -0.15) is 0 Å². The van der Waals surface area contributed by atoms with Crippen LogP contribution in [0.4, 0.5) is 4.39 Å². The van der Waals surface area contributed by atoms with Gasteiger partial charge in [-0.05, 0) is 18.2 Å². The first-order valence-corrected chi connectivity index (χ1v) is 7.25. The minimum absolute atomic E-state index is 0.0323. The predicted octanol–water partition coefficient (Wildman–Crippen LogP) is 1.68. The molecule has 1 rings (SSSR count). The molecule has 0 aliphatic rings. The molecule has 18 heavy (non-hydrogen) atoms. The van der Waals surface area contributed by atoms with E-state index in [0.717, 1.165) is 12.1 Å². The van der Waals surface area contributed by atoms with Crippen molar-refractivity contribution in [2.24, 2.45) is 11.7 Å². The maximum Gasteiger partial charge on any atom is 0.242 e. The van der Waals surface area contributed by atoms with Gasteiger partial charge in [0.2, 0.25) is 10.0 Å². The number of halogens is 2. The molecule has 100 valence electrons. The van der Waals surface area contributed by atoms with E-state index in [1.165, 1.54) is 6.07 Å². The molecular formula is C10H12ClFN2O2S2. The van der Waals surface area contributed by atoms with Crippen LogP contribution in [0.3, 0.4) is 0 Å². The summed E-state index contributed by atoms with van der Waals surface area (Å²) in [5.41, 5.74) is 5.37. The van der Waals surface area contributed by atoms with Crippen molar-refractivity contribution in [3.63, 3.8) is 0 Å². The van der Waals surface area contributed by atoms with Crippen LogP contribution in [-0.2, 0) is 10.0 Å².